The quantitative estimate of drug-likeness (QED) is 0.169. The average Bonchev–Trinajstić information content (AvgIpc) is 3.84. The molecule has 0 aliphatic rings. The number of aromatic nitrogens is 3. The lowest BCUT2D eigenvalue weighted by Gasteiger charge is -2.14. The molecule has 0 radical (unpaired) electrons. The lowest BCUT2D eigenvalue weighted by atomic mass is 9.93. The Balaban J connectivity index is 1.13. The van der Waals surface area contributed by atoms with Crippen LogP contribution in [0.2, 0.25) is 0 Å². The first-order chi connectivity index (χ1) is 28.1. The molecule has 6 heteroatoms. The van der Waals surface area contributed by atoms with Crippen molar-refractivity contribution in [2.24, 2.45) is 0 Å². The van der Waals surface area contributed by atoms with E-state index in [1.165, 1.54) is 52.5 Å². The van der Waals surface area contributed by atoms with Gasteiger partial charge in [0.2, 0.25) is 0 Å². The van der Waals surface area contributed by atoms with Crippen molar-refractivity contribution in [1.29, 1.82) is 0 Å². The van der Waals surface area contributed by atoms with Gasteiger partial charge in [0.15, 0.2) is 5.82 Å². The van der Waals surface area contributed by atoms with Crippen molar-refractivity contribution >= 4 is 63.0 Å². The minimum atomic E-state index is -0.303. The molecule has 0 amide bonds. The molecule has 0 fully saturated rings. The first-order valence-corrected chi connectivity index (χ1v) is 20.4. The number of benzene rings is 7. The second kappa shape index (κ2) is 13.7. The molecule has 0 saturated carbocycles. The van der Waals surface area contributed by atoms with Crippen LogP contribution in [0.1, 0.15) is 0 Å². The van der Waals surface area contributed by atoms with Crippen molar-refractivity contribution in [2.45, 2.75) is 0 Å². The fraction of sp³-hybridized carbons (Fsp3) is 0. The summed E-state index contributed by atoms with van der Waals surface area (Å²) in [6, 6.07) is 58.5. The fourth-order valence-corrected chi connectivity index (χ4v) is 9.96. The molecule has 0 atom stereocenters. The van der Waals surface area contributed by atoms with Crippen LogP contribution in [0.5, 0.6) is 0 Å². The number of fused-ring (bicyclic) bond motifs is 6. The van der Waals surface area contributed by atoms with Gasteiger partial charge in [0.05, 0.1) is 11.4 Å². The molecule has 11 rings (SSSR count). The molecule has 3 nitrogen and oxygen atoms in total. The maximum atomic E-state index is 14.2. The first kappa shape index (κ1) is 33.5. The predicted molar refractivity (Wildman–Crippen MR) is 238 cm³/mol. The molecule has 0 spiro atoms. The van der Waals surface area contributed by atoms with Crippen LogP contribution in [0.25, 0.3) is 108 Å². The zero-order valence-corrected chi connectivity index (χ0v) is 32.0. The van der Waals surface area contributed by atoms with Crippen molar-refractivity contribution in [3.8, 4) is 67.3 Å². The Hall–Kier alpha value is -6.86. The molecule has 0 N–H and O–H groups in total. The Bertz CT molecular complexity index is 3180. The average molecular weight is 768 g/mol. The summed E-state index contributed by atoms with van der Waals surface area (Å²) in [5.74, 6) is 0.223. The summed E-state index contributed by atoms with van der Waals surface area (Å²) in [6.45, 7) is 0. The fourth-order valence-electron chi connectivity index (χ4n) is 7.78. The molecule has 0 saturated heterocycles. The van der Waals surface area contributed by atoms with E-state index in [2.05, 4.69) is 138 Å². The maximum Gasteiger partial charge on any atom is 0.160 e. The number of pyridine rings is 1. The van der Waals surface area contributed by atoms with E-state index in [1.54, 1.807) is 18.3 Å². The molecule has 268 valence electrons. The number of rotatable bonds is 6. The van der Waals surface area contributed by atoms with Gasteiger partial charge < -0.3 is 0 Å². The third-order valence-electron chi connectivity index (χ3n) is 10.6. The molecule has 0 aliphatic carbocycles. The third kappa shape index (κ3) is 6.16. The lowest BCUT2D eigenvalue weighted by molar-refractivity contribution is 0.628. The van der Waals surface area contributed by atoms with Crippen LogP contribution in [0.15, 0.2) is 182 Å². The summed E-state index contributed by atoms with van der Waals surface area (Å²) >= 11 is 3.65. The summed E-state index contributed by atoms with van der Waals surface area (Å²) in [7, 11) is 0. The van der Waals surface area contributed by atoms with E-state index >= 15 is 0 Å². The summed E-state index contributed by atoms with van der Waals surface area (Å²) < 4.78 is 19.3. The van der Waals surface area contributed by atoms with Gasteiger partial charge in [0.25, 0.3) is 0 Å². The van der Waals surface area contributed by atoms with Gasteiger partial charge in [0.1, 0.15) is 5.82 Å². The monoisotopic (exact) mass is 767 g/mol. The van der Waals surface area contributed by atoms with Crippen LogP contribution in [0.3, 0.4) is 0 Å². The minimum Gasteiger partial charge on any atom is -0.264 e. The van der Waals surface area contributed by atoms with Gasteiger partial charge >= 0.3 is 0 Å². The number of halogens is 1. The Kier molecular flexibility index (Phi) is 8.05. The van der Waals surface area contributed by atoms with E-state index in [1.807, 2.05) is 41.0 Å². The van der Waals surface area contributed by atoms with Crippen molar-refractivity contribution < 1.29 is 4.39 Å². The van der Waals surface area contributed by atoms with Gasteiger partial charge in [-0.05, 0) is 125 Å². The number of hydrogen-bond donors (Lipinski definition) is 0. The zero-order chi connectivity index (χ0) is 37.9. The van der Waals surface area contributed by atoms with Crippen molar-refractivity contribution in [3.05, 3.63) is 188 Å². The molecule has 0 bridgehead atoms. The standard InChI is InChI=1S/C51H30FN3S2/c52-40-18-14-31(15-19-40)51-54-45(35-8-5-7-32(23-35)36-9-6-22-53-30-36)29-46(55-51)39-25-37(33-16-20-49-43(27-33)41-10-1-3-12-47(41)56-49)24-38(26-39)34-17-21-50-44(28-34)42-11-2-4-13-48(42)57-50/h1-30H. The Morgan fingerprint density at radius 2 is 0.860 bits per heavy atom. The Labute approximate surface area is 336 Å². The molecule has 57 heavy (non-hydrogen) atoms. The normalized spacial score (nSPS) is 11.6. The maximum absolute atomic E-state index is 14.2. The first-order valence-electron chi connectivity index (χ1n) is 18.7. The van der Waals surface area contributed by atoms with Crippen molar-refractivity contribution in [1.82, 2.24) is 15.0 Å². The molecule has 4 aromatic heterocycles. The highest BCUT2D eigenvalue weighted by Crippen LogP contribution is 2.41. The Morgan fingerprint density at radius 3 is 1.49 bits per heavy atom. The molecule has 4 heterocycles. The van der Waals surface area contributed by atoms with E-state index in [0.29, 0.717) is 5.82 Å². The van der Waals surface area contributed by atoms with Gasteiger partial charge in [-0.3, -0.25) is 4.98 Å². The van der Waals surface area contributed by atoms with Crippen LogP contribution in [-0.4, -0.2) is 15.0 Å². The van der Waals surface area contributed by atoms with Gasteiger partial charge in [-0.2, -0.15) is 0 Å². The molecular formula is C51H30FN3S2. The highest BCUT2D eigenvalue weighted by molar-refractivity contribution is 7.26. The molecule has 0 aliphatic heterocycles. The topological polar surface area (TPSA) is 38.7 Å². The number of hydrogen-bond acceptors (Lipinski definition) is 5. The van der Waals surface area contributed by atoms with Crippen molar-refractivity contribution in [2.75, 3.05) is 0 Å². The number of nitrogens with zero attached hydrogens (tertiary/aromatic N) is 3. The lowest BCUT2D eigenvalue weighted by Crippen LogP contribution is -1.97. The summed E-state index contributed by atoms with van der Waals surface area (Å²) in [5, 5.41) is 5.04. The van der Waals surface area contributed by atoms with Gasteiger partial charge in [0, 0.05) is 75.0 Å². The molecule has 7 aromatic carbocycles. The van der Waals surface area contributed by atoms with Crippen LogP contribution in [0, 0.1) is 5.82 Å². The van der Waals surface area contributed by atoms with Crippen LogP contribution >= 0.6 is 22.7 Å². The minimum absolute atomic E-state index is 0.303. The largest absolute Gasteiger partial charge is 0.264 e. The van der Waals surface area contributed by atoms with Gasteiger partial charge in [-0.1, -0.05) is 72.8 Å². The zero-order valence-electron chi connectivity index (χ0n) is 30.4. The van der Waals surface area contributed by atoms with E-state index in [4.69, 9.17) is 9.97 Å². The highest BCUT2D eigenvalue weighted by Gasteiger charge is 2.16. The molecule has 11 aromatic rings. The van der Waals surface area contributed by atoms with E-state index < -0.39 is 0 Å². The van der Waals surface area contributed by atoms with E-state index in [9.17, 15) is 4.39 Å². The second-order valence-electron chi connectivity index (χ2n) is 14.2. The van der Waals surface area contributed by atoms with Gasteiger partial charge in [-0.15, -0.1) is 22.7 Å². The van der Waals surface area contributed by atoms with E-state index in [0.717, 1.165) is 61.5 Å². The smallest absolute Gasteiger partial charge is 0.160 e. The summed E-state index contributed by atoms with van der Waals surface area (Å²) in [6.07, 6.45) is 3.65. The van der Waals surface area contributed by atoms with Crippen LogP contribution in [0.4, 0.5) is 4.39 Å². The summed E-state index contributed by atoms with van der Waals surface area (Å²) in [5.41, 5.74) is 10.7. The van der Waals surface area contributed by atoms with E-state index in [-0.39, 0.29) is 5.82 Å². The molecular weight excluding hydrogens is 738 g/mol. The number of thiophene rings is 2. The predicted octanol–water partition coefficient (Wildman–Crippen LogP) is 14.7. The Morgan fingerprint density at radius 1 is 0.351 bits per heavy atom. The third-order valence-corrected chi connectivity index (χ3v) is 12.9. The second-order valence-corrected chi connectivity index (χ2v) is 16.4. The van der Waals surface area contributed by atoms with Crippen LogP contribution < -0.4 is 0 Å². The van der Waals surface area contributed by atoms with Crippen LogP contribution in [-0.2, 0) is 0 Å². The van der Waals surface area contributed by atoms with Gasteiger partial charge in [-0.25, -0.2) is 14.4 Å². The molecule has 0 unspecified atom stereocenters. The summed E-state index contributed by atoms with van der Waals surface area (Å²) in [4.78, 5) is 14.6. The SMILES string of the molecule is Fc1ccc(-c2nc(-c3cccc(-c4cccnc4)c3)cc(-c3cc(-c4ccc5sc6ccccc6c5c4)cc(-c4ccc5sc6ccccc6c5c4)c3)n2)cc1. The highest BCUT2D eigenvalue weighted by atomic mass is 32.1. The van der Waals surface area contributed by atoms with Crippen molar-refractivity contribution in [3.63, 3.8) is 0 Å².